The Morgan fingerprint density at radius 2 is 1.18 bits per heavy atom. The predicted molar refractivity (Wildman–Crippen MR) is 251 cm³/mol. The average Bonchev–Trinajstić information content (AvgIpc) is 3.30. The first-order chi connectivity index (χ1) is 30.4. The summed E-state index contributed by atoms with van der Waals surface area (Å²) in [5, 5.41) is 0. The van der Waals surface area contributed by atoms with Gasteiger partial charge in [-0.1, -0.05) is 116 Å². The minimum Gasteiger partial charge on any atom is -0.461 e. The third-order valence-corrected chi connectivity index (χ3v) is 13.9. The molecule has 1 aromatic rings. The predicted octanol–water partition coefficient (Wildman–Crippen LogP) is 14.2. The lowest BCUT2D eigenvalue weighted by Gasteiger charge is -2.37. The molecule has 3 fully saturated rings. The summed E-state index contributed by atoms with van der Waals surface area (Å²) in [5.74, 6) is 2.42. The molecule has 1 heterocycles. The van der Waals surface area contributed by atoms with Crippen LogP contribution in [0.15, 0.2) is 42.5 Å². The van der Waals surface area contributed by atoms with Gasteiger partial charge in [-0.25, -0.2) is 4.79 Å². The second kappa shape index (κ2) is 31.7. The lowest BCUT2D eigenvalue weighted by Crippen LogP contribution is -2.37. The van der Waals surface area contributed by atoms with Crippen LogP contribution in [0.1, 0.15) is 204 Å². The fourth-order valence-corrected chi connectivity index (χ4v) is 10.1. The van der Waals surface area contributed by atoms with Crippen molar-refractivity contribution in [1.82, 2.24) is 4.90 Å². The molecule has 2 saturated carbocycles. The first-order valence-corrected chi connectivity index (χ1v) is 25.6. The highest BCUT2D eigenvalue weighted by molar-refractivity contribution is 5.72. The number of piperidine rings is 1. The normalized spacial score (nSPS) is 22.2. The van der Waals surface area contributed by atoms with Crippen molar-refractivity contribution >= 4 is 18.1 Å². The molecule has 0 spiro atoms. The summed E-state index contributed by atoms with van der Waals surface area (Å²) in [7, 11) is 0. The molecule has 0 radical (unpaired) electrons. The summed E-state index contributed by atoms with van der Waals surface area (Å²) in [6.07, 6.45) is 38.5. The third kappa shape index (κ3) is 21.5. The van der Waals surface area contributed by atoms with Gasteiger partial charge in [0.2, 0.25) is 0 Å². The zero-order valence-corrected chi connectivity index (χ0v) is 39.6. The first-order valence-electron chi connectivity index (χ1n) is 25.6. The monoisotopic (exact) mass is 862 g/mol. The number of nitrogens with zero attached hydrogens (tertiary/aromatic N) is 1. The summed E-state index contributed by atoms with van der Waals surface area (Å²) in [6, 6.07) is 5.73. The number of benzene rings is 1. The van der Waals surface area contributed by atoms with Gasteiger partial charge >= 0.3 is 18.1 Å². The molecule has 0 bridgehead atoms. The Morgan fingerprint density at radius 3 is 1.84 bits per heavy atom. The molecule has 8 nitrogen and oxygen atoms in total. The molecule has 0 N–H and O–H groups in total. The number of carbonyl (C=O) groups excluding carboxylic acids is 3. The third-order valence-electron chi connectivity index (χ3n) is 13.9. The molecular formula is C54H87NO7. The Kier molecular flexibility index (Phi) is 26.3. The molecule has 1 saturated heterocycles. The van der Waals surface area contributed by atoms with Crippen LogP contribution >= 0.6 is 0 Å². The molecule has 4 rings (SSSR count). The Balaban J connectivity index is 1.19. The van der Waals surface area contributed by atoms with Crippen molar-refractivity contribution in [1.29, 1.82) is 0 Å². The van der Waals surface area contributed by atoms with Gasteiger partial charge in [0.15, 0.2) is 0 Å². The summed E-state index contributed by atoms with van der Waals surface area (Å²) >= 11 is 0. The van der Waals surface area contributed by atoms with Crippen LogP contribution in [0.3, 0.4) is 0 Å². The maximum absolute atomic E-state index is 13.4. The SMILES string of the molecule is CCCCC/C=C\C/C=C\CCCCCCCC(=O)OCc1cc(COC(=O)OCC2CCCN(CC)C2)cc(COC(=O)C2CCC(C3CCC(CCCCC)CC3)CC2)c1. The van der Waals surface area contributed by atoms with E-state index in [9.17, 15) is 14.4 Å². The van der Waals surface area contributed by atoms with E-state index in [-0.39, 0.29) is 37.7 Å². The summed E-state index contributed by atoms with van der Waals surface area (Å²) < 4.78 is 22.7. The standard InChI is InChI=1S/C54H87NO7/c1-4-7-9-10-11-12-13-14-15-16-17-18-19-20-22-26-52(56)59-41-46-36-47(38-48(37-46)43-62-54(58)61-40-45-25-23-35-55(6-3)39-45)42-60-53(57)51-33-31-50(32-34-51)49-29-27-44(28-30-49)24-21-8-5-2/h11-12,14-15,36-38,44-45,49-51H,4-10,13,16-35,39-43H2,1-3H3/b12-11-,15-14-. The zero-order valence-electron chi connectivity index (χ0n) is 39.6. The van der Waals surface area contributed by atoms with Gasteiger partial charge in [-0.2, -0.15) is 0 Å². The molecule has 1 aromatic carbocycles. The van der Waals surface area contributed by atoms with Crippen LogP contribution in [-0.2, 0) is 48.4 Å². The highest BCUT2D eigenvalue weighted by Crippen LogP contribution is 2.42. The number of allylic oxidation sites excluding steroid dienone is 4. The number of ether oxygens (including phenoxy) is 4. The van der Waals surface area contributed by atoms with E-state index in [0.717, 1.165) is 125 Å². The fraction of sp³-hybridized carbons (Fsp3) is 0.759. The van der Waals surface area contributed by atoms with E-state index < -0.39 is 6.16 Å². The number of hydrogen-bond acceptors (Lipinski definition) is 8. The van der Waals surface area contributed by atoms with E-state index >= 15 is 0 Å². The number of rotatable bonds is 29. The van der Waals surface area contributed by atoms with Gasteiger partial charge in [0.25, 0.3) is 0 Å². The molecule has 8 heteroatoms. The number of hydrogen-bond donors (Lipinski definition) is 0. The van der Waals surface area contributed by atoms with Crippen LogP contribution < -0.4 is 0 Å². The van der Waals surface area contributed by atoms with Crippen LogP contribution in [0.2, 0.25) is 0 Å². The lowest BCUT2D eigenvalue weighted by atomic mass is 9.68. The fourth-order valence-electron chi connectivity index (χ4n) is 10.1. The second-order valence-electron chi connectivity index (χ2n) is 19.0. The van der Waals surface area contributed by atoms with E-state index in [4.69, 9.17) is 18.9 Å². The van der Waals surface area contributed by atoms with Crippen molar-refractivity contribution in [3.63, 3.8) is 0 Å². The summed E-state index contributed by atoms with van der Waals surface area (Å²) in [5.41, 5.74) is 2.31. The van der Waals surface area contributed by atoms with Crippen molar-refractivity contribution in [3.05, 3.63) is 59.2 Å². The van der Waals surface area contributed by atoms with Gasteiger partial charge in [0, 0.05) is 18.9 Å². The van der Waals surface area contributed by atoms with Crippen molar-refractivity contribution in [3.8, 4) is 0 Å². The van der Waals surface area contributed by atoms with Gasteiger partial charge in [0.05, 0.1) is 12.5 Å². The van der Waals surface area contributed by atoms with E-state index in [0.29, 0.717) is 18.9 Å². The maximum atomic E-state index is 13.4. The van der Waals surface area contributed by atoms with E-state index in [2.05, 4.69) is 50.0 Å². The summed E-state index contributed by atoms with van der Waals surface area (Å²) in [6.45, 7) is 10.3. The van der Waals surface area contributed by atoms with E-state index in [1.807, 2.05) is 18.2 Å². The Bertz CT molecular complexity index is 1440. The van der Waals surface area contributed by atoms with E-state index in [1.54, 1.807) is 0 Å². The van der Waals surface area contributed by atoms with Crippen LogP contribution in [0.4, 0.5) is 4.79 Å². The summed E-state index contributed by atoms with van der Waals surface area (Å²) in [4.78, 5) is 41.2. The molecule has 1 unspecified atom stereocenters. The van der Waals surface area contributed by atoms with Crippen molar-refractivity contribution in [2.75, 3.05) is 26.2 Å². The number of esters is 2. The van der Waals surface area contributed by atoms with Crippen LogP contribution in [-0.4, -0.2) is 49.2 Å². The first kappa shape index (κ1) is 51.5. The van der Waals surface area contributed by atoms with Crippen molar-refractivity contribution < 1.29 is 33.3 Å². The molecule has 350 valence electrons. The number of unbranched alkanes of at least 4 members (excludes halogenated alkanes) is 10. The zero-order chi connectivity index (χ0) is 44.0. The van der Waals surface area contributed by atoms with Crippen LogP contribution in [0, 0.1) is 29.6 Å². The molecule has 0 amide bonds. The van der Waals surface area contributed by atoms with Crippen LogP contribution in [0.25, 0.3) is 0 Å². The quantitative estimate of drug-likeness (QED) is 0.0340. The largest absolute Gasteiger partial charge is 0.508 e. The number of likely N-dealkylation sites (tertiary alicyclic amines) is 1. The smallest absolute Gasteiger partial charge is 0.461 e. The van der Waals surface area contributed by atoms with Crippen LogP contribution in [0.5, 0.6) is 0 Å². The Hall–Kier alpha value is -3.13. The molecule has 2 aliphatic carbocycles. The van der Waals surface area contributed by atoms with Gasteiger partial charge in [0.1, 0.15) is 19.8 Å². The molecule has 1 aliphatic heterocycles. The maximum Gasteiger partial charge on any atom is 0.508 e. The van der Waals surface area contributed by atoms with Gasteiger partial charge < -0.3 is 23.8 Å². The Labute approximate surface area is 377 Å². The van der Waals surface area contributed by atoms with Gasteiger partial charge in [-0.3, -0.25) is 9.59 Å². The minimum atomic E-state index is -0.684. The van der Waals surface area contributed by atoms with Gasteiger partial charge in [-0.15, -0.1) is 0 Å². The molecule has 1 atom stereocenters. The molecule has 0 aromatic heterocycles. The van der Waals surface area contributed by atoms with E-state index in [1.165, 1.54) is 89.9 Å². The molecule has 3 aliphatic rings. The topological polar surface area (TPSA) is 91.4 Å². The highest BCUT2D eigenvalue weighted by atomic mass is 16.7. The minimum absolute atomic E-state index is 0.0178. The molecular weight excluding hydrogens is 775 g/mol. The Morgan fingerprint density at radius 1 is 0.597 bits per heavy atom. The second-order valence-corrected chi connectivity index (χ2v) is 19.0. The van der Waals surface area contributed by atoms with Crippen molar-refractivity contribution in [2.45, 2.75) is 208 Å². The van der Waals surface area contributed by atoms with Crippen molar-refractivity contribution in [2.24, 2.45) is 29.6 Å². The number of carbonyl (C=O) groups is 3. The lowest BCUT2D eigenvalue weighted by molar-refractivity contribution is -0.151. The molecule has 62 heavy (non-hydrogen) atoms. The van der Waals surface area contributed by atoms with Gasteiger partial charge in [-0.05, 0) is 156 Å². The average molecular weight is 862 g/mol. The highest BCUT2D eigenvalue weighted by Gasteiger charge is 2.33.